The molecule has 0 radical (unpaired) electrons. The summed E-state index contributed by atoms with van der Waals surface area (Å²) in [4.78, 5) is 4.75. The summed E-state index contributed by atoms with van der Waals surface area (Å²) in [7, 11) is 0. The number of pyridine rings is 1. The lowest BCUT2D eigenvalue weighted by Crippen LogP contribution is -2.35. The highest BCUT2D eigenvalue weighted by Gasteiger charge is 2.16. The van der Waals surface area contributed by atoms with Crippen LogP contribution in [0.15, 0.2) is 79.0 Å². The van der Waals surface area contributed by atoms with E-state index in [0.717, 1.165) is 57.6 Å². The Labute approximate surface area is 189 Å². The van der Waals surface area contributed by atoms with Crippen LogP contribution in [0.4, 0.5) is 5.69 Å². The van der Waals surface area contributed by atoms with Gasteiger partial charge in [0.25, 0.3) is 0 Å². The van der Waals surface area contributed by atoms with Crippen molar-refractivity contribution >= 4 is 16.6 Å². The van der Waals surface area contributed by atoms with Crippen LogP contribution in [0.3, 0.4) is 0 Å². The van der Waals surface area contributed by atoms with Gasteiger partial charge in [-0.25, -0.2) is 0 Å². The molecule has 1 aliphatic heterocycles. The zero-order valence-corrected chi connectivity index (χ0v) is 18.3. The minimum Gasteiger partial charge on any atom is -0.492 e. The molecule has 162 valence electrons. The van der Waals surface area contributed by atoms with Gasteiger partial charge in [-0.2, -0.15) is 0 Å². The molecule has 1 saturated heterocycles. The van der Waals surface area contributed by atoms with Crippen molar-refractivity contribution in [2.45, 2.75) is 31.7 Å². The largest absolute Gasteiger partial charge is 0.492 e. The van der Waals surface area contributed by atoms with Crippen LogP contribution in [0.25, 0.3) is 33.2 Å². The molecule has 4 heteroatoms. The normalized spacial score (nSPS) is 16.2. The Bertz CT molecular complexity index is 1180. The molecule has 1 aromatic heterocycles. The second-order valence-electron chi connectivity index (χ2n) is 8.50. The maximum atomic E-state index is 6.52. The molecule has 0 bridgehead atoms. The number of fused-ring (bicyclic) bond motifs is 1. The summed E-state index contributed by atoms with van der Waals surface area (Å²) in [6.45, 7) is 1.80. The van der Waals surface area contributed by atoms with E-state index in [4.69, 9.17) is 15.5 Å². The van der Waals surface area contributed by atoms with E-state index in [0.29, 0.717) is 12.6 Å². The van der Waals surface area contributed by atoms with Gasteiger partial charge >= 0.3 is 0 Å². The van der Waals surface area contributed by atoms with Crippen molar-refractivity contribution in [1.82, 2.24) is 10.3 Å². The number of hydrogen-bond donors (Lipinski definition) is 2. The van der Waals surface area contributed by atoms with E-state index >= 15 is 0 Å². The second-order valence-corrected chi connectivity index (χ2v) is 8.50. The number of nitrogens with two attached hydrogens (primary N) is 1. The number of nitrogen functional groups attached to an aromatic ring is 1. The SMILES string of the molecule is Nc1ccc(-c2ccc3ncc(-c4ccccc4)c(OCCC4CCCCN4)c3c2)cc1. The highest BCUT2D eigenvalue weighted by atomic mass is 16.5. The fourth-order valence-electron chi connectivity index (χ4n) is 4.48. The van der Waals surface area contributed by atoms with E-state index in [1.54, 1.807) is 0 Å². The molecule has 3 aromatic carbocycles. The van der Waals surface area contributed by atoms with Crippen LogP contribution in [0, 0.1) is 0 Å². The predicted octanol–water partition coefficient (Wildman–Crippen LogP) is 6.06. The molecule has 0 saturated carbocycles. The van der Waals surface area contributed by atoms with Gasteiger partial charge in [-0.3, -0.25) is 4.98 Å². The van der Waals surface area contributed by atoms with Gasteiger partial charge in [0, 0.05) is 28.9 Å². The number of nitrogens with zero attached hydrogens (tertiary/aromatic N) is 1. The van der Waals surface area contributed by atoms with E-state index < -0.39 is 0 Å². The quantitative estimate of drug-likeness (QED) is 0.370. The first-order valence-electron chi connectivity index (χ1n) is 11.5. The third-order valence-electron chi connectivity index (χ3n) is 6.27. The van der Waals surface area contributed by atoms with Crippen LogP contribution in [-0.4, -0.2) is 24.2 Å². The van der Waals surface area contributed by atoms with Crippen molar-refractivity contribution in [3.63, 3.8) is 0 Å². The summed E-state index contributed by atoms with van der Waals surface area (Å²) in [6, 6.07) is 25.3. The zero-order chi connectivity index (χ0) is 21.8. The molecule has 1 atom stereocenters. The maximum Gasteiger partial charge on any atom is 0.138 e. The van der Waals surface area contributed by atoms with Gasteiger partial charge in [-0.15, -0.1) is 0 Å². The summed E-state index contributed by atoms with van der Waals surface area (Å²) in [5, 5.41) is 4.66. The molecule has 2 heterocycles. The Kier molecular flexibility index (Phi) is 6.04. The molecule has 5 rings (SSSR count). The van der Waals surface area contributed by atoms with Crippen molar-refractivity contribution < 1.29 is 4.74 Å². The Morgan fingerprint density at radius 1 is 0.906 bits per heavy atom. The number of piperidine rings is 1. The standard InChI is InChI=1S/C28H29N3O/c29-23-12-9-20(10-13-23)22-11-14-27-25(18-22)28(32-17-15-24-8-4-5-16-30-24)26(19-31-27)21-6-2-1-3-7-21/h1-3,6-7,9-14,18-19,24,30H,4-5,8,15-17,29H2. The van der Waals surface area contributed by atoms with Crippen LogP contribution in [0.1, 0.15) is 25.7 Å². The van der Waals surface area contributed by atoms with Crippen LogP contribution < -0.4 is 15.8 Å². The number of nitrogens with one attached hydrogen (secondary N) is 1. The molecule has 0 spiro atoms. The molecule has 3 N–H and O–H groups in total. The molecule has 1 unspecified atom stereocenters. The van der Waals surface area contributed by atoms with E-state index in [2.05, 4.69) is 59.9 Å². The molecule has 1 aliphatic rings. The summed E-state index contributed by atoms with van der Waals surface area (Å²) in [5.41, 5.74) is 12.0. The van der Waals surface area contributed by atoms with Gasteiger partial charge in [0.15, 0.2) is 0 Å². The fraction of sp³-hybridized carbons (Fsp3) is 0.250. The van der Waals surface area contributed by atoms with Crippen molar-refractivity contribution in [2.24, 2.45) is 0 Å². The van der Waals surface area contributed by atoms with Gasteiger partial charge in [-0.1, -0.05) is 55.0 Å². The Morgan fingerprint density at radius 3 is 2.50 bits per heavy atom. The number of benzene rings is 3. The van der Waals surface area contributed by atoms with Crippen LogP contribution in [-0.2, 0) is 0 Å². The van der Waals surface area contributed by atoms with Crippen LogP contribution in [0.2, 0.25) is 0 Å². The van der Waals surface area contributed by atoms with Gasteiger partial charge in [-0.05, 0) is 66.8 Å². The molecule has 32 heavy (non-hydrogen) atoms. The molecular weight excluding hydrogens is 394 g/mol. The summed E-state index contributed by atoms with van der Waals surface area (Å²) in [5.74, 6) is 0.911. The Hall–Kier alpha value is -3.37. The second kappa shape index (κ2) is 9.41. The lowest BCUT2D eigenvalue weighted by molar-refractivity contribution is 0.271. The number of ether oxygens (including phenoxy) is 1. The van der Waals surface area contributed by atoms with Crippen molar-refractivity contribution in [3.05, 3.63) is 79.0 Å². The van der Waals surface area contributed by atoms with Gasteiger partial charge in [0.05, 0.1) is 12.1 Å². The summed E-state index contributed by atoms with van der Waals surface area (Å²) in [6.07, 6.45) is 6.76. The summed E-state index contributed by atoms with van der Waals surface area (Å²) < 4.78 is 6.52. The predicted molar refractivity (Wildman–Crippen MR) is 133 cm³/mol. The minimum absolute atomic E-state index is 0.544. The number of anilines is 1. The average Bonchev–Trinajstić information content (AvgIpc) is 2.85. The third-order valence-corrected chi connectivity index (χ3v) is 6.27. The van der Waals surface area contributed by atoms with Gasteiger partial charge < -0.3 is 15.8 Å². The molecule has 0 aliphatic carbocycles. The third kappa shape index (κ3) is 4.46. The maximum absolute atomic E-state index is 6.52. The smallest absolute Gasteiger partial charge is 0.138 e. The van der Waals surface area contributed by atoms with E-state index in [9.17, 15) is 0 Å². The van der Waals surface area contributed by atoms with Crippen molar-refractivity contribution in [3.8, 4) is 28.0 Å². The number of aromatic nitrogens is 1. The number of hydrogen-bond acceptors (Lipinski definition) is 4. The molecular formula is C28H29N3O. The van der Waals surface area contributed by atoms with Gasteiger partial charge in [0.2, 0.25) is 0 Å². The van der Waals surface area contributed by atoms with Crippen molar-refractivity contribution in [2.75, 3.05) is 18.9 Å². The van der Waals surface area contributed by atoms with Crippen LogP contribution >= 0.6 is 0 Å². The monoisotopic (exact) mass is 423 g/mol. The molecule has 0 amide bonds. The van der Waals surface area contributed by atoms with E-state index in [1.807, 2.05) is 24.4 Å². The van der Waals surface area contributed by atoms with Crippen molar-refractivity contribution in [1.29, 1.82) is 0 Å². The minimum atomic E-state index is 0.544. The first-order valence-corrected chi connectivity index (χ1v) is 11.5. The molecule has 1 fully saturated rings. The first-order chi connectivity index (χ1) is 15.8. The van der Waals surface area contributed by atoms with E-state index in [-0.39, 0.29) is 0 Å². The Balaban J connectivity index is 1.53. The lowest BCUT2D eigenvalue weighted by Gasteiger charge is -2.24. The molecule has 4 nitrogen and oxygen atoms in total. The van der Waals surface area contributed by atoms with Gasteiger partial charge in [0.1, 0.15) is 5.75 Å². The highest BCUT2D eigenvalue weighted by molar-refractivity contribution is 5.95. The molecule has 4 aromatic rings. The topological polar surface area (TPSA) is 60.2 Å². The summed E-state index contributed by atoms with van der Waals surface area (Å²) >= 11 is 0. The highest BCUT2D eigenvalue weighted by Crippen LogP contribution is 2.38. The lowest BCUT2D eigenvalue weighted by atomic mass is 9.99. The van der Waals surface area contributed by atoms with E-state index in [1.165, 1.54) is 19.3 Å². The number of rotatable bonds is 6. The Morgan fingerprint density at radius 2 is 1.72 bits per heavy atom. The fourth-order valence-corrected chi connectivity index (χ4v) is 4.48. The average molecular weight is 424 g/mol. The van der Waals surface area contributed by atoms with Crippen LogP contribution in [0.5, 0.6) is 5.75 Å². The first kappa shape index (κ1) is 20.5. The zero-order valence-electron chi connectivity index (χ0n) is 18.3.